The number of Topliss-reactive ketones (excluding diaryl/α,β-unsaturated/α-hetero) is 1. The highest BCUT2D eigenvalue weighted by molar-refractivity contribution is 5.94. The topological polar surface area (TPSA) is 225 Å². The summed E-state index contributed by atoms with van der Waals surface area (Å²) in [7, 11) is 2.89. The zero-order valence-electron chi connectivity index (χ0n) is 41.5. The van der Waals surface area contributed by atoms with Crippen molar-refractivity contribution in [3.8, 4) is 0 Å². The largest absolute Gasteiger partial charge is 0.458 e. The third-order valence-electron chi connectivity index (χ3n) is 15.8. The number of methoxy groups -OCH3 is 2. The molecule has 4 fully saturated rings. The van der Waals surface area contributed by atoms with Gasteiger partial charge in [-0.3, -0.25) is 14.4 Å². The van der Waals surface area contributed by atoms with Crippen LogP contribution in [0.3, 0.4) is 0 Å². The number of aliphatic hydroxyl groups is 1. The predicted molar refractivity (Wildman–Crippen MR) is 250 cm³/mol. The fourth-order valence-corrected chi connectivity index (χ4v) is 12.5. The normalized spacial score (nSPS) is 32.7. The Morgan fingerprint density at radius 3 is 2.12 bits per heavy atom. The fourth-order valence-electron chi connectivity index (χ4n) is 12.5. The van der Waals surface area contributed by atoms with Crippen molar-refractivity contribution >= 4 is 35.8 Å². The van der Waals surface area contributed by atoms with Crippen LogP contribution in [0.2, 0.25) is 0 Å². The molecular formula is C53H70N2O14. The second-order valence-electron chi connectivity index (χ2n) is 21.3. The van der Waals surface area contributed by atoms with Crippen molar-refractivity contribution in [1.29, 1.82) is 0 Å². The molecular weight excluding hydrogens is 889 g/mol. The van der Waals surface area contributed by atoms with Crippen LogP contribution in [-0.4, -0.2) is 109 Å². The van der Waals surface area contributed by atoms with Crippen molar-refractivity contribution in [2.24, 2.45) is 40.2 Å². The molecule has 0 spiro atoms. The van der Waals surface area contributed by atoms with E-state index in [1.807, 2.05) is 0 Å². The first-order valence-corrected chi connectivity index (χ1v) is 24.1. The molecule has 2 aromatic rings. The molecule has 13 atom stereocenters. The Morgan fingerprint density at radius 1 is 0.884 bits per heavy atom. The number of nitrogens with two attached hydrogens (primary N) is 1. The molecule has 16 heteroatoms. The molecule has 5 aliphatic carbocycles. The van der Waals surface area contributed by atoms with Gasteiger partial charge in [-0.2, -0.15) is 0 Å². The van der Waals surface area contributed by atoms with E-state index in [1.54, 1.807) is 109 Å². The van der Waals surface area contributed by atoms with Crippen molar-refractivity contribution in [2.75, 3.05) is 20.8 Å². The van der Waals surface area contributed by atoms with Crippen molar-refractivity contribution in [3.05, 3.63) is 82.9 Å². The smallest absolute Gasteiger partial charge is 0.408 e. The Bertz CT molecular complexity index is 2310. The number of benzene rings is 2. The number of carbonyl (C=O) groups is 6. The summed E-state index contributed by atoms with van der Waals surface area (Å²) in [5.74, 6) is -5.26. The molecule has 1 amide bonds. The van der Waals surface area contributed by atoms with Gasteiger partial charge >= 0.3 is 30.0 Å². The van der Waals surface area contributed by atoms with Gasteiger partial charge in [0.05, 0.1) is 23.0 Å². The molecule has 7 rings (SSSR count). The number of unbranched alkanes of at least 4 members (excludes halogenated alkanes) is 2. The van der Waals surface area contributed by atoms with Gasteiger partial charge in [-0.15, -0.1) is 0 Å². The quantitative estimate of drug-likeness (QED) is 0.0706. The Morgan fingerprint density at radius 2 is 1.52 bits per heavy atom. The van der Waals surface area contributed by atoms with Crippen molar-refractivity contribution in [1.82, 2.24) is 5.32 Å². The van der Waals surface area contributed by atoms with E-state index in [-0.39, 0.29) is 35.3 Å². The molecule has 1 unspecified atom stereocenters. The molecule has 0 saturated heterocycles. The van der Waals surface area contributed by atoms with Gasteiger partial charge in [-0.25, -0.2) is 14.4 Å². The molecule has 4 N–H and O–H groups in total. The molecule has 5 aliphatic rings. The summed E-state index contributed by atoms with van der Waals surface area (Å²) in [5, 5.41) is 16.8. The molecule has 2 bridgehead atoms. The maximum absolute atomic E-state index is 15.9. The molecule has 0 aliphatic heterocycles. The number of hydrogen-bond donors (Lipinski definition) is 3. The minimum Gasteiger partial charge on any atom is -0.458 e. The van der Waals surface area contributed by atoms with Crippen LogP contribution in [0.25, 0.3) is 0 Å². The van der Waals surface area contributed by atoms with E-state index < -0.39 is 112 Å². The lowest BCUT2D eigenvalue weighted by molar-refractivity contribution is -0.302. The Labute approximate surface area is 404 Å². The maximum Gasteiger partial charge on any atom is 0.408 e. The number of fused-ring (bicyclic) bond motifs is 8. The summed E-state index contributed by atoms with van der Waals surface area (Å²) in [6.45, 7) is 13.6. The number of alkyl carbamates (subject to hydrolysis) is 1. The molecule has 376 valence electrons. The average Bonchev–Trinajstić information content (AvgIpc) is 4.05. The summed E-state index contributed by atoms with van der Waals surface area (Å²) >= 11 is 0. The highest BCUT2D eigenvalue weighted by Gasteiger charge is 2.85. The maximum atomic E-state index is 15.9. The molecule has 0 aromatic heterocycles. The Hall–Kier alpha value is -5.16. The lowest BCUT2D eigenvalue weighted by Crippen LogP contribution is -2.79. The zero-order valence-corrected chi connectivity index (χ0v) is 41.5. The first-order valence-electron chi connectivity index (χ1n) is 24.1. The summed E-state index contributed by atoms with van der Waals surface area (Å²) in [6, 6.07) is 15.3. The van der Waals surface area contributed by atoms with Gasteiger partial charge in [0.15, 0.2) is 5.78 Å². The molecule has 69 heavy (non-hydrogen) atoms. The first-order chi connectivity index (χ1) is 32.5. The minimum absolute atomic E-state index is 0.0696. The van der Waals surface area contributed by atoms with E-state index in [0.29, 0.717) is 49.8 Å². The summed E-state index contributed by atoms with van der Waals surface area (Å²) < 4.78 is 43.8. The summed E-state index contributed by atoms with van der Waals surface area (Å²) in [6.07, 6.45) is -5.58. The van der Waals surface area contributed by atoms with Gasteiger partial charge in [0.1, 0.15) is 41.2 Å². The van der Waals surface area contributed by atoms with Gasteiger partial charge in [0.25, 0.3) is 0 Å². The summed E-state index contributed by atoms with van der Waals surface area (Å²) in [4.78, 5) is 86.3. The van der Waals surface area contributed by atoms with Crippen molar-refractivity contribution < 1.29 is 67.0 Å². The molecule has 2 aromatic carbocycles. The van der Waals surface area contributed by atoms with Crippen LogP contribution in [0.1, 0.15) is 122 Å². The van der Waals surface area contributed by atoms with Crippen LogP contribution in [0, 0.1) is 34.5 Å². The number of rotatable bonds is 16. The van der Waals surface area contributed by atoms with Crippen LogP contribution in [-0.2, 0) is 52.3 Å². The summed E-state index contributed by atoms with van der Waals surface area (Å²) in [5.41, 5.74) is -0.713. The van der Waals surface area contributed by atoms with Crippen LogP contribution in [0.15, 0.2) is 71.8 Å². The van der Waals surface area contributed by atoms with Crippen molar-refractivity contribution in [2.45, 2.75) is 154 Å². The second-order valence-corrected chi connectivity index (χ2v) is 21.3. The highest BCUT2D eigenvalue weighted by atomic mass is 16.6. The number of ketones is 1. The highest BCUT2D eigenvalue weighted by Crippen LogP contribution is 2.78. The molecule has 0 radical (unpaired) electrons. The third-order valence-corrected chi connectivity index (χ3v) is 15.8. The molecule has 4 saturated carbocycles. The Balaban J connectivity index is 1.40. The third kappa shape index (κ3) is 9.22. The van der Waals surface area contributed by atoms with E-state index in [2.05, 4.69) is 5.32 Å². The number of amides is 1. The van der Waals surface area contributed by atoms with E-state index in [9.17, 15) is 24.3 Å². The number of nitrogens with one attached hydrogen (secondary N) is 1. The standard InChI is InChI=1S/C53H70N2O14/c1-29-36(65-47(60)42(66-38(57)24-18-13-19-25-54)40(31-20-14-11-15-21-31)55-48(61)69-49(3,4)5)28-52(62)45(67-46(59)32-22-16-12-17-23-32)43-51(8,44(58)41(64-10)39(29)50(52,6)7)37(63-9)27-35-33-26-34(33)53(35,43)68-30(2)56/h11-12,14-17,20-23,33-37,40-43,45,62H,13,18-19,24-28,54H2,1-10H3,(H,55,61)/t33?,34-,35+,36+,37+,40+,41-,42-,43+,45+,51-,52-,53+/m1/s1. The first kappa shape index (κ1) is 51.7. The SMILES string of the molecule is CO[C@H]1C(=O)[C@]2(C)[C@@H](OC)C[C@H]3C4C[C@H]4[C@@]3(OC(C)=O)[C@H]2[C@H](OC(=O)c2ccccc2)[C@]2(O)C[C@H](OC(=O)[C@H](OC(=O)CCCCCN)[C@@H](NC(=O)OC(C)(C)C)c3ccccc3)C(C)=C1C2(C)C. The van der Waals surface area contributed by atoms with E-state index >= 15 is 9.59 Å². The predicted octanol–water partition coefficient (Wildman–Crippen LogP) is 6.50. The van der Waals surface area contributed by atoms with Crippen molar-refractivity contribution in [3.63, 3.8) is 0 Å². The Kier molecular flexibility index (Phi) is 14.7. The lowest BCUT2D eigenvalue weighted by atomic mass is 9.41. The molecule has 16 nitrogen and oxygen atoms in total. The van der Waals surface area contributed by atoms with Gasteiger partial charge < -0.3 is 49.3 Å². The fraction of sp³-hybridized carbons (Fsp3) is 0.623. The van der Waals surface area contributed by atoms with Gasteiger partial charge in [0.2, 0.25) is 6.10 Å². The number of carbonyl (C=O) groups excluding carboxylic acids is 6. The zero-order chi connectivity index (χ0) is 50.4. The number of hydrogen-bond acceptors (Lipinski definition) is 15. The van der Waals surface area contributed by atoms with E-state index in [1.165, 1.54) is 21.1 Å². The monoisotopic (exact) mass is 958 g/mol. The molecule has 0 heterocycles. The van der Waals surface area contributed by atoms with Crippen LogP contribution in [0.4, 0.5) is 4.79 Å². The lowest BCUT2D eigenvalue weighted by Gasteiger charge is -2.68. The van der Waals surface area contributed by atoms with Crippen LogP contribution in [0.5, 0.6) is 0 Å². The van der Waals surface area contributed by atoms with Crippen LogP contribution < -0.4 is 11.1 Å². The van der Waals surface area contributed by atoms with E-state index in [0.717, 1.165) is 0 Å². The van der Waals surface area contributed by atoms with Gasteiger partial charge in [-0.05, 0) is 102 Å². The number of ether oxygens (including phenoxy) is 7. The van der Waals surface area contributed by atoms with Crippen LogP contribution >= 0.6 is 0 Å². The van der Waals surface area contributed by atoms with Gasteiger partial charge in [-0.1, -0.05) is 68.8 Å². The second kappa shape index (κ2) is 19.6. The van der Waals surface area contributed by atoms with E-state index in [4.69, 9.17) is 38.9 Å². The average molecular weight is 959 g/mol. The van der Waals surface area contributed by atoms with Gasteiger partial charge in [0, 0.05) is 51.2 Å². The number of esters is 4. The minimum atomic E-state index is -2.21.